The standard InChI is InChI=1S/C6H10O4.C5H10O3.C2H4O2.CH4O/c1-5(7)10-4-6(8)3-9-2;1-7-3-5(6)4-8-2;1-2(3)4;1-2/h3-4H2,1-2H3;3-4H2,1-2H3;1H3,(H,3,4);2H,1H3. The van der Waals surface area contributed by atoms with Crippen LogP contribution in [0.3, 0.4) is 0 Å². The van der Waals surface area contributed by atoms with E-state index in [0.717, 1.165) is 14.0 Å². The fourth-order valence-electron chi connectivity index (χ4n) is 0.748. The lowest BCUT2D eigenvalue weighted by Gasteiger charge is -1.98. The van der Waals surface area contributed by atoms with E-state index < -0.39 is 11.9 Å². The van der Waals surface area contributed by atoms with E-state index >= 15 is 0 Å². The first-order valence-electron chi connectivity index (χ1n) is 6.49. The summed E-state index contributed by atoms with van der Waals surface area (Å²) in [6.07, 6.45) is 0. The largest absolute Gasteiger partial charge is 0.481 e. The zero-order valence-electron chi connectivity index (χ0n) is 15.0. The molecule has 0 spiro atoms. The first kappa shape index (κ1) is 30.1. The second-order valence-electron chi connectivity index (χ2n) is 3.68. The Morgan fingerprint density at radius 3 is 1.17 bits per heavy atom. The molecule has 0 aliphatic rings. The highest BCUT2D eigenvalue weighted by Crippen LogP contribution is 1.79. The maximum absolute atomic E-state index is 10.5. The summed E-state index contributed by atoms with van der Waals surface area (Å²) in [5.41, 5.74) is 0. The number of ketones is 2. The van der Waals surface area contributed by atoms with E-state index in [0.29, 0.717) is 0 Å². The van der Waals surface area contributed by atoms with Crippen LogP contribution in [0.15, 0.2) is 0 Å². The summed E-state index contributed by atoms with van der Waals surface area (Å²) < 4.78 is 17.9. The average molecular weight is 356 g/mol. The lowest BCUT2D eigenvalue weighted by atomic mass is 10.4. The molecule has 0 aromatic heterocycles. The fraction of sp³-hybridized carbons (Fsp3) is 0.714. The van der Waals surface area contributed by atoms with Crippen LogP contribution in [0.4, 0.5) is 0 Å². The van der Waals surface area contributed by atoms with Gasteiger partial charge in [0.1, 0.15) is 19.8 Å². The van der Waals surface area contributed by atoms with E-state index in [2.05, 4.69) is 18.9 Å². The maximum Gasteiger partial charge on any atom is 0.303 e. The van der Waals surface area contributed by atoms with Gasteiger partial charge in [-0.15, -0.1) is 0 Å². The Morgan fingerprint density at radius 1 is 0.708 bits per heavy atom. The minimum atomic E-state index is -0.833. The number of aliphatic hydroxyl groups excluding tert-OH is 1. The van der Waals surface area contributed by atoms with E-state index in [-0.39, 0.29) is 38.0 Å². The van der Waals surface area contributed by atoms with Gasteiger partial charge in [0.25, 0.3) is 5.97 Å². The Morgan fingerprint density at radius 2 is 0.958 bits per heavy atom. The van der Waals surface area contributed by atoms with Gasteiger partial charge in [0.2, 0.25) is 0 Å². The van der Waals surface area contributed by atoms with Gasteiger partial charge in [0, 0.05) is 42.3 Å². The summed E-state index contributed by atoms with van der Waals surface area (Å²) in [5, 5.41) is 14.4. The number of rotatable bonds is 8. The quantitative estimate of drug-likeness (QED) is 0.536. The molecule has 0 radical (unpaired) electrons. The molecule has 0 amide bonds. The highest BCUT2D eigenvalue weighted by atomic mass is 16.5. The van der Waals surface area contributed by atoms with Crippen molar-refractivity contribution >= 4 is 23.5 Å². The molecule has 2 N–H and O–H groups in total. The van der Waals surface area contributed by atoms with Crippen LogP contribution in [0.5, 0.6) is 0 Å². The van der Waals surface area contributed by atoms with Crippen LogP contribution < -0.4 is 0 Å². The zero-order valence-corrected chi connectivity index (χ0v) is 15.0. The third kappa shape index (κ3) is 50.1. The molecule has 10 heteroatoms. The van der Waals surface area contributed by atoms with Crippen molar-refractivity contribution in [2.75, 3.05) is 54.9 Å². The van der Waals surface area contributed by atoms with E-state index in [1.165, 1.54) is 28.3 Å². The smallest absolute Gasteiger partial charge is 0.303 e. The third-order valence-electron chi connectivity index (χ3n) is 1.35. The van der Waals surface area contributed by atoms with Crippen molar-refractivity contribution in [1.82, 2.24) is 0 Å². The molecular weight excluding hydrogens is 328 g/mol. The number of Topliss-reactive ketones (excluding diaryl/α,β-unsaturated/α-hetero) is 2. The van der Waals surface area contributed by atoms with Crippen LogP contribution in [0, 0.1) is 0 Å². The molecule has 0 bridgehead atoms. The van der Waals surface area contributed by atoms with Gasteiger partial charge in [-0.05, 0) is 0 Å². The van der Waals surface area contributed by atoms with Crippen molar-refractivity contribution < 1.29 is 48.3 Å². The van der Waals surface area contributed by atoms with Crippen molar-refractivity contribution in [3.63, 3.8) is 0 Å². The number of carbonyl (C=O) groups is 4. The van der Waals surface area contributed by atoms with Crippen molar-refractivity contribution in [3.8, 4) is 0 Å². The third-order valence-corrected chi connectivity index (χ3v) is 1.35. The van der Waals surface area contributed by atoms with Gasteiger partial charge in [-0.25, -0.2) is 0 Å². The average Bonchev–Trinajstić information content (AvgIpc) is 2.48. The summed E-state index contributed by atoms with van der Waals surface area (Å²) in [6.45, 7) is 2.43. The Balaban J connectivity index is -0.000000128. The number of aliphatic hydroxyl groups is 1. The van der Waals surface area contributed by atoms with Gasteiger partial charge >= 0.3 is 5.97 Å². The molecule has 0 fully saturated rings. The van der Waals surface area contributed by atoms with Gasteiger partial charge < -0.3 is 29.2 Å². The van der Waals surface area contributed by atoms with Crippen molar-refractivity contribution in [2.45, 2.75) is 13.8 Å². The van der Waals surface area contributed by atoms with Gasteiger partial charge in [-0.2, -0.15) is 0 Å². The molecule has 0 aliphatic heterocycles. The summed E-state index contributed by atoms with van der Waals surface area (Å²) in [6, 6.07) is 0. The highest BCUT2D eigenvalue weighted by molar-refractivity contribution is 5.82. The molecule has 10 nitrogen and oxygen atoms in total. The van der Waals surface area contributed by atoms with E-state index in [9.17, 15) is 14.4 Å². The first-order valence-corrected chi connectivity index (χ1v) is 6.49. The summed E-state index contributed by atoms with van der Waals surface area (Å²) >= 11 is 0. The number of carboxylic acid groups (broad SMARTS) is 1. The normalized spacial score (nSPS) is 8.12. The van der Waals surface area contributed by atoms with Gasteiger partial charge in [-0.1, -0.05) is 0 Å². The van der Waals surface area contributed by atoms with Crippen molar-refractivity contribution in [2.24, 2.45) is 0 Å². The van der Waals surface area contributed by atoms with Gasteiger partial charge in [0.15, 0.2) is 18.2 Å². The minimum absolute atomic E-state index is 0.00667. The Labute approximate surface area is 141 Å². The topological polar surface area (TPSA) is 146 Å². The van der Waals surface area contributed by atoms with Crippen LogP contribution >= 0.6 is 0 Å². The zero-order chi connectivity index (χ0) is 20.0. The number of esters is 1. The maximum atomic E-state index is 10.5. The number of carboxylic acids is 1. The second-order valence-corrected chi connectivity index (χ2v) is 3.68. The molecule has 0 aromatic rings. The van der Waals surface area contributed by atoms with Crippen LogP contribution in [-0.2, 0) is 38.1 Å². The van der Waals surface area contributed by atoms with Crippen molar-refractivity contribution in [3.05, 3.63) is 0 Å². The number of ether oxygens (including phenoxy) is 4. The number of hydrogen-bond acceptors (Lipinski definition) is 9. The van der Waals surface area contributed by atoms with E-state index in [1.807, 2.05) is 0 Å². The van der Waals surface area contributed by atoms with E-state index in [4.69, 9.17) is 15.0 Å². The van der Waals surface area contributed by atoms with E-state index in [1.54, 1.807) is 0 Å². The highest BCUT2D eigenvalue weighted by Gasteiger charge is 2.01. The molecule has 0 atom stereocenters. The monoisotopic (exact) mass is 356 g/mol. The number of carbonyl (C=O) groups excluding carboxylic acids is 3. The molecule has 0 saturated heterocycles. The minimum Gasteiger partial charge on any atom is -0.481 e. The SMILES string of the molecule is CC(=O)O.CO.COCC(=O)COC.COCC(=O)COC(C)=O. The molecule has 144 valence electrons. The van der Waals surface area contributed by atoms with Crippen LogP contribution in [-0.4, -0.2) is 88.6 Å². The second kappa shape index (κ2) is 26.0. The molecule has 0 aliphatic carbocycles. The van der Waals surface area contributed by atoms with Crippen LogP contribution in [0.25, 0.3) is 0 Å². The lowest BCUT2D eigenvalue weighted by molar-refractivity contribution is -0.146. The number of methoxy groups -OCH3 is 3. The molecule has 0 heterocycles. The molecule has 24 heavy (non-hydrogen) atoms. The fourth-order valence-corrected chi connectivity index (χ4v) is 0.748. The van der Waals surface area contributed by atoms with Gasteiger partial charge in [-0.3, -0.25) is 19.2 Å². The lowest BCUT2D eigenvalue weighted by Crippen LogP contribution is -2.15. The summed E-state index contributed by atoms with van der Waals surface area (Å²) in [5.74, 6) is -1.56. The Hall–Kier alpha value is -1.88. The molecule has 0 unspecified atom stereocenters. The first-order chi connectivity index (χ1) is 11.2. The molecule has 0 rings (SSSR count). The van der Waals surface area contributed by atoms with Crippen LogP contribution in [0.2, 0.25) is 0 Å². The number of aliphatic carboxylic acids is 1. The Kier molecular flexibility index (Phi) is 32.6. The molecule has 0 saturated carbocycles. The Bertz CT molecular complexity index is 316. The predicted molar refractivity (Wildman–Crippen MR) is 83.7 cm³/mol. The van der Waals surface area contributed by atoms with Gasteiger partial charge in [0.05, 0.1) is 0 Å². The summed E-state index contributed by atoms with van der Waals surface area (Å²) in [7, 11) is 5.37. The number of hydrogen-bond donors (Lipinski definition) is 2. The summed E-state index contributed by atoms with van der Waals surface area (Å²) in [4.78, 5) is 40.1. The predicted octanol–water partition coefficient (Wildman–Crippen LogP) is -0.687. The molecular formula is C14H28O10. The molecule has 0 aromatic carbocycles. The van der Waals surface area contributed by atoms with Crippen molar-refractivity contribution in [1.29, 1.82) is 0 Å². The van der Waals surface area contributed by atoms with Crippen LogP contribution in [0.1, 0.15) is 13.8 Å².